The third-order valence-electron chi connectivity index (χ3n) is 2.90. The highest BCUT2D eigenvalue weighted by Crippen LogP contribution is 2.11. The van der Waals surface area contributed by atoms with Crippen molar-refractivity contribution in [2.75, 3.05) is 6.54 Å². The third kappa shape index (κ3) is 4.13. The second-order valence-corrected chi connectivity index (χ2v) is 4.29. The van der Waals surface area contributed by atoms with Crippen LogP contribution in [0.3, 0.4) is 0 Å². The third-order valence-corrected chi connectivity index (χ3v) is 2.90. The summed E-state index contributed by atoms with van der Waals surface area (Å²) in [6, 6.07) is 10.2. The molecule has 0 aliphatic carbocycles. The maximum absolute atomic E-state index is 12.6. The van der Waals surface area contributed by atoms with E-state index >= 15 is 0 Å². The Morgan fingerprint density at radius 3 is 2.74 bits per heavy atom. The van der Waals surface area contributed by atoms with Crippen LogP contribution in [0.1, 0.15) is 24.4 Å². The fourth-order valence-corrected chi connectivity index (χ4v) is 1.92. The van der Waals surface area contributed by atoms with Crippen molar-refractivity contribution in [3.8, 4) is 0 Å². The molecule has 0 radical (unpaired) electrons. The summed E-state index contributed by atoms with van der Waals surface area (Å²) in [4.78, 5) is 3.91. The molecule has 0 aliphatic heterocycles. The number of nitrogens with one attached hydrogen (secondary N) is 1. The van der Waals surface area contributed by atoms with Crippen molar-refractivity contribution in [3.63, 3.8) is 0 Å². The molecular formula is C14H17F2N3. The molecule has 2 aromatic rings. The lowest BCUT2D eigenvalue weighted by Crippen LogP contribution is -2.18. The van der Waals surface area contributed by atoms with Crippen molar-refractivity contribution in [1.29, 1.82) is 0 Å². The summed E-state index contributed by atoms with van der Waals surface area (Å²) in [6.07, 6.45) is 4.65. The Balaban J connectivity index is 1.68. The fourth-order valence-electron chi connectivity index (χ4n) is 1.92. The van der Waals surface area contributed by atoms with Crippen LogP contribution in [-0.4, -0.2) is 16.1 Å². The van der Waals surface area contributed by atoms with E-state index in [4.69, 9.17) is 0 Å². The summed E-state index contributed by atoms with van der Waals surface area (Å²) in [5, 5.41) is 3.14. The summed E-state index contributed by atoms with van der Waals surface area (Å²) in [5.41, 5.74) is 1.29. The molecule has 0 atom stereocenters. The van der Waals surface area contributed by atoms with Crippen LogP contribution in [0.2, 0.25) is 0 Å². The normalized spacial score (nSPS) is 11.1. The van der Waals surface area contributed by atoms with E-state index in [9.17, 15) is 8.78 Å². The van der Waals surface area contributed by atoms with Gasteiger partial charge in [-0.2, -0.15) is 8.78 Å². The highest BCUT2D eigenvalue weighted by molar-refractivity contribution is 5.14. The largest absolute Gasteiger partial charge is 0.319 e. The molecule has 0 unspecified atom stereocenters. The molecule has 1 aromatic carbocycles. The van der Waals surface area contributed by atoms with E-state index in [0.717, 1.165) is 24.0 Å². The molecule has 1 aromatic heterocycles. The average molecular weight is 265 g/mol. The van der Waals surface area contributed by atoms with Gasteiger partial charge in [-0.05, 0) is 24.9 Å². The lowest BCUT2D eigenvalue weighted by Gasteiger charge is -2.07. The van der Waals surface area contributed by atoms with Crippen LogP contribution in [0.5, 0.6) is 0 Å². The average Bonchev–Trinajstić information content (AvgIpc) is 2.88. The van der Waals surface area contributed by atoms with Gasteiger partial charge in [0, 0.05) is 12.4 Å². The van der Waals surface area contributed by atoms with Crippen LogP contribution < -0.4 is 5.32 Å². The van der Waals surface area contributed by atoms with Crippen molar-refractivity contribution in [2.24, 2.45) is 0 Å². The first-order chi connectivity index (χ1) is 9.27. The van der Waals surface area contributed by atoms with Gasteiger partial charge in [-0.1, -0.05) is 30.3 Å². The van der Waals surface area contributed by atoms with Crippen LogP contribution in [0.4, 0.5) is 8.78 Å². The maximum atomic E-state index is 12.6. The number of hydrogen-bond donors (Lipinski definition) is 1. The Labute approximate surface area is 111 Å². The SMILES string of the molecule is FC(F)n1ccnc1CNCCCc1ccccc1. The molecule has 0 spiro atoms. The lowest BCUT2D eigenvalue weighted by atomic mass is 10.1. The molecule has 3 nitrogen and oxygen atoms in total. The number of benzene rings is 1. The molecule has 1 heterocycles. The quantitative estimate of drug-likeness (QED) is 0.780. The Morgan fingerprint density at radius 2 is 2.00 bits per heavy atom. The van der Waals surface area contributed by atoms with Gasteiger partial charge in [0.05, 0.1) is 6.54 Å². The monoisotopic (exact) mass is 265 g/mol. The fraction of sp³-hybridized carbons (Fsp3) is 0.357. The smallest absolute Gasteiger partial charge is 0.310 e. The molecule has 2 rings (SSSR count). The Kier molecular flexibility index (Phi) is 5.03. The first kappa shape index (κ1) is 13.7. The standard InChI is InChI=1S/C14H17F2N3/c15-14(16)19-10-9-18-13(19)11-17-8-4-7-12-5-2-1-3-6-12/h1-3,5-6,9-10,14,17H,4,7-8,11H2. The minimum atomic E-state index is -2.52. The molecular weight excluding hydrogens is 248 g/mol. The zero-order valence-electron chi connectivity index (χ0n) is 10.6. The van der Waals surface area contributed by atoms with Gasteiger partial charge in [0.2, 0.25) is 0 Å². The molecule has 0 saturated heterocycles. The van der Waals surface area contributed by atoms with Crippen molar-refractivity contribution in [1.82, 2.24) is 14.9 Å². The number of alkyl halides is 2. The van der Waals surface area contributed by atoms with Crippen molar-refractivity contribution in [3.05, 3.63) is 54.1 Å². The number of halogens is 2. The molecule has 0 amide bonds. The van der Waals surface area contributed by atoms with Gasteiger partial charge in [0.1, 0.15) is 5.82 Å². The number of rotatable bonds is 7. The minimum Gasteiger partial charge on any atom is -0.310 e. The molecule has 1 N–H and O–H groups in total. The van der Waals surface area contributed by atoms with Crippen LogP contribution in [0.25, 0.3) is 0 Å². The molecule has 0 bridgehead atoms. The second-order valence-electron chi connectivity index (χ2n) is 4.29. The number of aromatic nitrogens is 2. The van der Waals surface area contributed by atoms with E-state index in [1.807, 2.05) is 18.2 Å². The first-order valence-electron chi connectivity index (χ1n) is 6.32. The van der Waals surface area contributed by atoms with E-state index in [-0.39, 0.29) is 0 Å². The summed E-state index contributed by atoms with van der Waals surface area (Å²) in [5.74, 6) is 0.370. The van der Waals surface area contributed by atoms with Gasteiger partial charge in [-0.15, -0.1) is 0 Å². The van der Waals surface area contributed by atoms with E-state index in [1.54, 1.807) is 0 Å². The van der Waals surface area contributed by atoms with Gasteiger partial charge in [-0.25, -0.2) is 4.98 Å². The summed E-state index contributed by atoms with van der Waals surface area (Å²) >= 11 is 0. The highest BCUT2D eigenvalue weighted by atomic mass is 19.3. The van der Waals surface area contributed by atoms with Crippen LogP contribution >= 0.6 is 0 Å². The molecule has 5 heteroatoms. The van der Waals surface area contributed by atoms with Gasteiger partial charge >= 0.3 is 6.55 Å². The van der Waals surface area contributed by atoms with Crippen LogP contribution in [0, 0.1) is 0 Å². The summed E-state index contributed by atoms with van der Waals surface area (Å²) < 4.78 is 26.0. The summed E-state index contributed by atoms with van der Waals surface area (Å²) in [7, 11) is 0. The predicted octanol–water partition coefficient (Wildman–Crippen LogP) is 3.00. The molecule has 0 aliphatic rings. The molecule has 0 fully saturated rings. The predicted molar refractivity (Wildman–Crippen MR) is 69.9 cm³/mol. The van der Waals surface area contributed by atoms with Gasteiger partial charge in [-0.3, -0.25) is 4.57 Å². The number of imidazole rings is 1. The zero-order valence-corrected chi connectivity index (χ0v) is 10.6. The number of nitrogens with zero attached hydrogens (tertiary/aromatic N) is 2. The van der Waals surface area contributed by atoms with E-state index < -0.39 is 6.55 Å². The van der Waals surface area contributed by atoms with Crippen molar-refractivity contribution in [2.45, 2.75) is 25.9 Å². The zero-order chi connectivity index (χ0) is 13.5. The topological polar surface area (TPSA) is 29.9 Å². The van der Waals surface area contributed by atoms with Gasteiger partial charge < -0.3 is 5.32 Å². The Hall–Kier alpha value is -1.75. The maximum Gasteiger partial charge on any atom is 0.319 e. The van der Waals surface area contributed by atoms with Gasteiger partial charge in [0.25, 0.3) is 0 Å². The lowest BCUT2D eigenvalue weighted by molar-refractivity contribution is 0.0666. The Bertz CT molecular complexity index is 482. The molecule has 0 saturated carbocycles. The van der Waals surface area contributed by atoms with Gasteiger partial charge in [0.15, 0.2) is 0 Å². The number of aryl methyl sites for hydroxylation is 1. The summed E-state index contributed by atoms with van der Waals surface area (Å²) in [6.45, 7) is -1.37. The second kappa shape index (κ2) is 6.99. The minimum absolute atomic E-state index is 0.367. The molecule has 102 valence electrons. The molecule has 19 heavy (non-hydrogen) atoms. The van der Waals surface area contributed by atoms with Crippen LogP contribution in [-0.2, 0) is 13.0 Å². The van der Waals surface area contributed by atoms with Crippen molar-refractivity contribution < 1.29 is 8.78 Å². The van der Waals surface area contributed by atoms with Crippen LogP contribution in [0.15, 0.2) is 42.7 Å². The van der Waals surface area contributed by atoms with E-state index in [0.29, 0.717) is 12.4 Å². The van der Waals surface area contributed by atoms with Crippen molar-refractivity contribution >= 4 is 0 Å². The van der Waals surface area contributed by atoms with E-state index in [1.165, 1.54) is 18.0 Å². The first-order valence-corrected chi connectivity index (χ1v) is 6.32. The highest BCUT2D eigenvalue weighted by Gasteiger charge is 2.10. The number of hydrogen-bond acceptors (Lipinski definition) is 2. The van der Waals surface area contributed by atoms with E-state index in [2.05, 4.69) is 22.4 Å². The Morgan fingerprint density at radius 1 is 1.21 bits per heavy atom.